The molecule has 5 nitrogen and oxygen atoms in total. The molecular formula is C14H21ClN4O. The van der Waals surface area contributed by atoms with Gasteiger partial charge in [-0.2, -0.15) is 0 Å². The number of halogens is 1. The summed E-state index contributed by atoms with van der Waals surface area (Å²) in [6.45, 7) is 7.90. The summed E-state index contributed by atoms with van der Waals surface area (Å²) >= 11 is 6.05. The van der Waals surface area contributed by atoms with Gasteiger partial charge in [0.1, 0.15) is 11.5 Å². The molecule has 110 valence electrons. The largest absolute Gasteiger partial charge is 0.346 e. The van der Waals surface area contributed by atoms with Crippen LogP contribution in [0.3, 0.4) is 0 Å². The molecule has 1 aliphatic rings. The normalized spacial score (nSPS) is 22.9. The van der Waals surface area contributed by atoms with Crippen molar-refractivity contribution in [3.05, 3.63) is 22.7 Å². The van der Waals surface area contributed by atoms with Crippen LogP contribution >= 0.6 is 11.6 Å². The molecule has 2 atom stereocenters. The van der Waals surface area contributed by atoms with Crippen LogP contribution in [-0.2, 0) is 0 Å². The van der Waals surface area contributed by atoms with Crippen molar-refractivity contribution < 1.29 is 4.79 Å². The number of carbonyl (C=O) groups is 1. The molecule has 2 rings (SSSR count). The van der Waals surface area contributed by atoms with Gasteiger partial charge < -0.3 is 10.6 Å². The lowest BCUT2D eigenvalue weighted by Gasteiger charge is -2.30. The molecule has 0 bridgehead atoms. The Hall–Kier alpha value is -1.20. The summed E-state index contributed by atoms with van der Waals surface area (Å²) in [6.07, 6.45) is 2.56. The lowest BCUT2D eigenvalue weighted by molar-refractivity contribution is 0.0910. The van der Waals surface area contributed by atoms with Crippen LogP contribution in [0.4, 0.5) is 0 Å². The molecule has 2 heterocycles. The van der Waals surface area contributed by atoms with E-state index < -0.39 is 0 Å². The molecule has 6 heteroatoms. The summed E-state index contributed by atoms with van der Waals surface area (Å²) in [7, 11) is 0. The van der Waals surface area contributed by atoms with Gasteiger partial charge in [0.2, 0.25) is 0 Å². The summed E-state index contributed by atoms with van der Waals surface area (Å²) in [5.41, 5.74) is 0.267. The molecule has 2 unspecified atom stereocenters. The molecular weight excluding hydrogens is 276 g/mol. The maximum Gasteiger partial charge on any atom is 0.271 e. The minimum absolute atomic E-state index is 0.116. The number of nitrogens with one attached hydrogen (secondary N) is 2. The minimum atomic E-state index is -0.222. The van der Waals surface area contributed by atoms with Crippen molar-refractivity contribution in [2.45, 2.75) is 39.2 Å². The Morgan fingerprint density at radius 1 is 1.55 bits per heavy atom. The van der Waals surface area contributed by atoms with Crippen LogP contribution in [0.1, 0.15) is 49.4 Å². The van der Waals surface area contributed by atoms with E-state index in [-0.39, 0.29) is 23.6 Å². The van der Waals surface area contributed by atoms with Gasteiger partial charge in [0.25, 0.3) is 5.91 Å². The number of rotatable bonds is 3. The van der Waals surface area contributed by atoms with Crippen molar-refractivity contribution in [1.29, 1.82) is 0 Å². The molecule has 1 aliphatic heterocycles. The van der Waals surface area contributed by atoms with E-state index in [1.165, 1.54) is 6.20 Å². The van der Waals surface area contributed by atoms with Gasteiger partial charge in [0, 0.05) is 18.5 Å². The Kier molecular flexibility index (Phi) is 4.94. The third kappa shape index (κ3) is 3.46. The van der Waals surface area contributed by atoms with Crippen LogP contribution in [0.2, 0.25) is 5.02 Å². The molecule has 0 aliphatic carbocycles. The van der Waals surface area contributed by atoms with Gasteiger partial charge in [-0.1, -0.05) is 32.4 Å². The highest BCUT2D eigenvalue weighted by molar-refractivity contribution is 6.33. The van der Waals surface area contributed by atoms with Gasteiger partial charge in [-0.3, -0.25) is 4.79 Å². The smallest absolute Gasteiger partial charge is 0.271 e. The average molecular weight is 297 g/mol. The van der Waals surface area contributed by atoms with Gasteiger partial charge in [-0.25, -0.2) is 9.97 Å². The van der Waals surface area contributed by atoms with Gasteiger partial charge >= 0.3 is 0 Å². The lowest BCUT2D eigenvalue weighted by Crippen LogP contribution is -2.50. The summed E-state index contributed by atoms with van der Waals surface area (Å²) < 4.78 is 0. The van der Waals surface area contributed by atoms with Crippen LogP contribution in [0.15, 0.2) is 6.20 Å². The fourth-order valence-corrected chi connectivity index (χ4v) is 2.41. The third-order valence-electron chi connectivity index (χ3n) is 3.64. The average Bonchev–Trinajstić information content (AvgIpc) is 2.41. The molecule has 1 saturated heterocycles. The maximum absolute atomic E-state index is 12.3. The topological polar surface area (TPSA) is 66.9 Å². The number of amides is 1. The first kappa shape index (κ1) is 15.2. The number of hydrogen-bond donors (Lipinski definition) is 2. The summed E-state index contributed by atoms with van der Waals surface area (Å²) in [5, 5.41) is 6.60. The van der Waals surface area contributed by atoms with Crippen LogP contribution in [0.25, 0.3) is 0 Å². The highest BCUT2D eigenvalue weighted by Gasteiger charge is 2.25. The number of piperidine rings is 1. The zero-order chi connectivity index (χ0) is 14.7. The summed E-state index contributed by atoms with van der Waals surface area (Å²) in [6, 6.07) is 0.116. The van der Waals surface area contributed by atoms with Crippen LogP contribution in [0, 0.1) is 5.92 Å². The van der Waals surface area contributed by atoms with Gasteiger partial charge in [0.05, 0.1) is 11.2 Å². The number of nitrogens with zero attached hydrogens (tertiary/aromatic N) is 2. The highest BCUT2D eigenvalue weighted by atomic mass is 35.5. The number of hydrogen-bond acceptors (Lipinski definition) is 4. The molecule has 2 N–H and O–H groups in total. The van der Waals surface area contributed by atoms with Gasteiger partial charge in [-0.05, 0) is 18.9 Å². The van der Waals surface area contributed by atoms with Crippen molar-refractivity contribution >= 4 is 17.5 Å². The Morgan fingerprint density at radius 2 is 2.30 bits per heavy atom. The van der Waals surface area contributed by atoms with Crippen molar-refractivity contribution in [2.75, 3.05) is 13.1 Å². The molecule has 1 fully saturated rings. The fraction of sp³-hybridized carbons (Fsp3) is 0.643. The van der Waals surface area contributed by atoms with Crippen molar-refractivity contribution in [3.8, 4) is 0 Å². The van der Waals surface area contributed by atoms with Crippen molar-refractivity contribution in [1.82, 2.24) is 20.6 Å². The second-order valence-electron chi connectivity index (χ2n) is 5.63. The number of carbonyl (C=O) groups excluding carboxylic acids is 1. The minimum Gasteiger partial charge on any atom is -0.346 e. The Labute approximate surface area is 124 Å². The first-order chi connectivity index (χ1) is 9.49. The van der Waals surface area contributed by atoms with E-state index in [1.54, 1.807) is 0 Å². The molecule has 20 heavy (non-hydrogen) atoms. The van der Waals surface area contributed by atoms with Crippen molar-refractivity contribution in [3.63, 3.8) is 0 Å². The van der Waals surface area contributed by atoms with E-state index in [0.717, 1.165) is 19.5 Å². The molecule has 0 radical (unpaired) electrons. The zero-order valence-electron chi connectivity index (χ0n) is 12.1. The Bertz CT molecular complexity index is 492. The van der Waals surface area contributed by atoms with Crippen LogP contribution in [-0.4, -0.2) is 35.0 Å². The zero-order valence-corrected chi connectivity index (χ0v) is 12.9. The van der Waals surface area contributed by atoms with E-state index in [0.29, 0.717) is 16.8 Å². The molecule has 0 spiro atoms. The highest BCUT2D eigenvalue weighted by Crippen LogP contribution is 2.17. The fourth-order valence-electron chi connectivity index (χ4n) is 2.24. The van der Waals surface area contributed by atoms with Gasteiger partial charge in [0.15, 0.2) is 0 Å². The van der Waals surface area contributed by atoms with E-state index in [9.17, 15) is 4.79 Å². The summed E-state index contributed by atoms with van der Waals surface area (Å²) in [4.78, 5) is 20.8. The summed E-state index contributed by atoms with van der Waals surface area (Å²) in [5.74, 6) is 1.02. The van der Waals surface area contributed by atoms with Gasteiger partial charge in [-0.15, -0.1) is 0 Å². The first-order valence-electron chi connectivity index (χ1n) is 7.03. The van der Waals surface area contributed by atoms with Crippen molar-refractivity contribution in [2.24, 2.45) is 5.92 Å². The molecule has 1 amide bonds. The van der Waals surface area contributed by atoms with Crippen LogP contribution in [0.5, 0.6) is 0 Å². The first-order valence-corrected chi connectivity index (χ1v) is 7.41. The molecule has 0 saturated carbocycles. The van der Waals surface area contributed by atoms with E-state index in [4.69, 9.17) is 11.6 Å². The quantitative estimate of drug-likeness (QED) is 0.895. The molecule has 1 aromatic heterocycles. The molecule has 1 aromatic rings. The van der Waals surface area contributed by atoms with E-state index in [1.807, 2.05) is 13.8 Å². The Morgan fingerprint density at radius 3 is 2.95 bits per heavy atom. The van der Waals surface area contributed by atoms with E-state index >= 15 is 0 Å². The third-order valence-corrected chi connectivity index (χ3v) is 3.91. The second kappa shape index (κ2) is 6.50. The second-order valence-corrected chi connectivity index (χ2v) is 6.04. The standard InChI is InChI=1S/C14H21ClN4O/c1-8(2)13-17-6-10(15)12(19-13)14(20)18-11-7-16-5-4-9(11)3/h6,8-9,11,16H,4-5,7H2,1-3H3,(H,18,20). The monoisotopic (exact) mass is 296 g/mol. The van der Waals surface area contributed by atoms with E-state index in [2.05, 4.69) is 27.5 Å². The lowest BCUT2D eigenvalue weighted by atomic mass is 9.95. The SMILES string of the molecule is CC(C)c1ncc(Cl)c(C(=O)NC2CNCCC2C)n1. The van der Waals surface area contributed by atoms with Crippen LogP contribution < -0.4 is 10.6 Å². The maximum atomic E-state index is 12.3. The number of aromatic nitrogens is 2. The molecule has 0 aromatic carbocycles. The predicted molar refractivity (Wildman–Crippen MR) is 79.0 cm³/mol. The predicted octanol–water partition coefficient (Wildman–Crippen LogP) is 1.98. The Balaban J connectivity index is 2.14.